The lowest BCUT2D eigenvalue weighted by atomic mass is 10.1. The van der Waals surface area contributed by atoms with Gasteiger partial charge in [-0.15, -0.1) is 0 Å². The molecule has 1 heterocycles. The summed E-state index contributed by atoms with van der Waals surface area (Å²) in [5, 5.41) is 3.58. The van der Waals surface area contributed by atoms with Gasteiger partial charge < -0.3 is 15.1 Å². The number of rotatable bonds is 7. The number of nitrogens with zero attached hydrogens (tertiary/aromatic N) is 2. The van der Waals surface area contributed by atoms with E-state index < -0.39 is 0 Å². The Hall–Kier alpha value is -0.120. The Balaban J connectivity index is 2.14. The predicted molar refractivity (Wildman–Crippen MR) is 75.5 cm³/mol. The zero-order valence-corrected chi connectivity index (χ0v) is 12.2. The smallest absolute Gasteiger partial charge is 0.0195 e. The van der Waals surface area contributed by atoms with Gasteiger partial charge in [0, 0.05) is 18.6 Å². The maximum Gasteiger partial charge on any atom is 0.0195 e. The summed E-state index contributed by atoms with van der Waals surface area (Å²) in [7, 11) is 2.22. The monoisotopic (exact) mass is 241 g/mol. The highest BCUT2D eigenvalue weighted by Crippen LogP contribution is 2.10. The van der Waals surface area contributed by atoms with E-state index in [0.29, 0.717) is 6.04 Å². The summed E-state index contributed by atoms with van der Waals surface area (Å²) in [5.41, 5.74) is 0. The van der Waals surface area contributed by atoms with Crippen molar-refractivity contribution in [2.24, 2.45) is 0 Å². The molecule has 1 unspecified atom stereocenters. The highest BCUT2D eigenvalue weighted by molar-refractivity contribution is 4.77. The van der Waals surface area contributed by atoms with E-state index in [1.165, 1.54) is 45.4 Å². The van der Waals surface area contributed by atoms with Crippen molar-refractivity contribution >= 4 is 0 Å². The average Bonchev–Trinajstić information content (AvgIpc) is 2.29. The Labute approximate surface area is 108 Å². The van der Waals surface area contributed by atoms with Gasteiger partial charge >= 0.3 is 0 Å². The Kier molecular flexibility index (Phi) is 7.09. The normalized spacial score (nSPS) is 22.6. The van der Waals surface area contributed by atoms with E-state index in [-0.39, 0.29) is 0 Å². The van der Waals surface area contributed by atoms with Crippen LogP contribution in [0.2, 0.25) is 0 Å². The molecule has 1 aliphatic rings. The molecule has 0 aromatic rings. The van der Waals surface area contributed by atoms with Crippen LogP contribution in [0, 0.1) is 0 Å². The van der Waals surface area contributed by atoms with Gasteiger partial charge in [-0.2, -0.15) is 0 Å². The zero-order valence-electron chi connectivity index (χ0n) is 12.2. The van der Waals surface area contributed by atoms with Crippen molar-refractivity contribution in [1.82, 2.24) is 15.1 Å². The largest absolute Gasteiger partial charge is 0.313 e. The first-order valence-corrected chi connectivity index (χ1v) is 7.29. The van der Waals surface area contributed by atoms with Crippen LogP contribution in [0.15, 0.2) is 0 Å². The summed E-state index contributed by atoms with van der Waals surface area (Å²) in [4.78, 5) is 5.07. The number of likely N-dealkylation sites (N-methyl/N-ethyl adjacent to an activating group) is 1. The third-order valence-corrected chi connectivity index (χ3v) is 3.87. The van der Waals surface area contributed by atoms with Crippen LogP contribution in [0.25, 0.3) is 0 Å². The van der Waals surface area contributed by atoms with Crippen LogP contribution in [-0.2, 0) is 0 Å². The predicted octanol–water partition coefficient (Wildman–Crippen LogP) is 1.79. The first kappa shape index (κ1) is 14.9. The molecule has 0 saturated carbocycles. The van der Waals surface area contributed by atoms with Gasteiger partial charge in [-0.3, -0.25) is 0 Å². The van der Waals surface area contributed by atoms with Gasteiger partial charge in [0.25, 0.3) is 0 Å². The summed E-state index contributed by atoms with van der Waals surface area (Å²) >= 11 is 0. The number of hydrogen-bond donors (Lipinski definition) is 1. The van der Waals surface area contributed by atoms with Crippen LogP contribution >= 0.6 is 0 Å². The first-order chi connectivity index (χ1) is 8.13. The van der Waals surface area contributed by atoms with Crippen LogP contribution in [0.5, 0.6) is 0 Å². The summed E-state index contributed by atoms with van der Waals surface area (Å²) in [6.07, 6.45) is 4.02. The molecule has 0 aromatic carbocycles. The molecule has 0 amide bonds. The Bertz CT molecular complexity index is 192. The minimum absolute atomic E-state index is 0.672. The van der Waals surface area contributed by atoms with Crippen molar-refractivity contribution in [3.05, 3.63) is 0 Å². The van der Waals surface area contributed by atoms with Crippen LogP contribution < -0.4 is 5.32 Å². The number of hydrogen-bond acceptors (Lipinski definition) is 3. The van der Waals surface area contributed by atoms with E-state index in [4.69, 9.17) is 0 Å². The summed E-state index contributed by atoms with van der Waals surface area (Å²) in [5.74, 6) is 0. The fourth-order valence-corrected chi connectivity index (χ4v) is 2.52. The molecule has 1 N–H and O–H groups in total. The lowest BCUT2D eigenvalue weighted by Gasteiger charge is -2.33. The molecule has 1 rings (SSSR count). The van der Waals surface area contributed by atoms with Crippen molar-refractivity contribution in [2.75, 3.05) is 39.8 Å². The molecular formula is C14H31N3. The minimum Gasteiger partial charge on any atom is -0.313 e. The fraction of sp³-hybridized carbons (Fsp3) is 1.00. The van der Waals surface area contributed by atoms with Gasteiger partial charge in [0.15, 0.2) is 0 Å². The topological polar surface area (TPSA) is 18.5 Å². The molecule has 0 spiro atoms. The van der Waals surface area contributed by atoms with Gasteiger partial charge in [0.1, 0.15) is 0 Å². The van der Waals surface area contributed by atoms with Crippen molar-refractivity contribution in [1.29, 1.82) is 0 Å². The van der Waals surface area contributed by atoms with Gasteiger partial charge in [0.05, 0.1) is 0 Å². The van der Waals surface area contributed by atoms with Crippen LogP contribution in [0.4, 0.5) is 0 Å². The van der Waals surface area contributed by atoms with Crippen LogP contribution in [0.1, 0.15) is 40.0 Å². The number of likely N-dealkylation sites (tertiary alicyclic amines) is 1. The van der Waals surface area contributed by atoms with Crippen molar-refractivity contribution in [3.63, 3.8) is 0 Å². The molecule has 0 aromatic heterocycles. The van der Waals surface area contributed by atoms with Gasteiger partial charge in [-0.25, -0.2) is 0 Å². The Morgan fingerprint density at radius 3 is 2.82 bits per heavy atom. The summed E-state index contributed by atoms with van der Waals surface area (Å²) in [6, 6.07) is 1.41. The molecule has 3 nitrogen and oxygen atoms in total. The quantitative estimate of drug-likeness (QED) is 0.733. The molecule has 3 heteroatoms. The van der Waals surface area contributed by atoms with Crippen molar-refractivity contribution in [3.8, 4) is 0 Å². The molecule has 17 heavy (non-hydrogen) atoms. The van der Waals surface area contributed by atoms with Crippen LogP contribution in [-0.4, -0.2) is 61.7 Å². The average molecular weight is 241 g/mol. The van der Waals surface area contributed by atoms with Crippen molar-refractivity contribution < 1.29 is 0 Å². The maximum atomic E-state index is 3.58. The highest BCUT2D eigenvalue weighted by atomic mass is 15.2. The van der Waals surface area contributed by atoms with E-state index in [1.807, 2.05) is 0 Å². The fourth-order valence-electron chi connectivity index (χ4n) is 2.52. The first-order valence-electron chi connectivity index (χ1n) is 7.29. The zero-order chi connectivity index (χ0) is 12.7. The number of nitrogens with one attached hydrogen (secondary N) is 1. The molecule has 0 bridgehead atoms. The van der Waals surface area contributed by atoms with Gasteiger partial charge in [0.2, 0.25) is 0 Å². The standard InChI is InChI=1S/C14H31N3/c1-5-15-14-8-6-10-17(12-14)11-7-9-16(4)13(2)3/h13-15H,5-12H2,1-4H3. The molecule has 0 aliphatic carbocycles. The Morgan fingerprint density at radius 2 is 2.18 bits per heavy atom. The second-order valence-corrected chi connectivity index (χ2v) is 5.63. The summed E-state index contributed by atoms with van der Waals surface area (Å²) < 4.78 is 0. The molecule has 0 radical (unpaired) electrons. The molecule has 102 valence electrons. The SMILES string of the molecule is CCNC1CCCN(CCCN(C)C(C)C)C1. The molecular weight excluding hydrogens is 210 g/mol. The maximum absolute atomic E-state index is 3.58. The highest BCUT2D eigenvalue weighted by Gasteiger charge is 2.18. The summed E-state index contributed by atoms with van der Waals surface area (Å²) in [6.45, 7) is 12.9. The van der Waals surface area contributed by atoms with E-state index in [0.717, 1.165) is 12.6 Å². The van der Waals surface area contributed by atoms with Gasteiger partial charge in [-0.1, -0.05) is 6.92 Å². The van der Waals surface area contributed by atoms with Crippen LogP contribution in [0.3, 0.4) is 0 Å². The van der Waals surface area contributed by atoms with E-state index in [2.05, 4.69) is 42.9 Å². The second-order valence-electron chi connectivity index (χ2n) is 5.63. The van der Waals surface area contributed by atoms with Crippen molar-refractivity contribution in [2.45, 2.75) is 52.1 Å². The third-order valence-electron chi connectivity index (χ3n) is 3.87. The third kappa shape index (κ3) is 5.84. The minimum atomic E-state index is 0.672. The molecule has 1 aliphatic heterocycles. The van der Waals surface area contributed by atoms with E-state index in [9.17, 15) is 0 Å². The molecule has 1 fully saturated rings. The lowest BCUT2D eigenvalue weighted by Crippen LogP contribution is -2.46. The number of piperidine rings is 1. The van der Waals surface area contributed by atoms with E-state index in [1.54, 1.807) is 0 Å². The molecule has 1 atom stereocenters. The Morgan fingerprint density at radius 1 is 1.41 bits per heavy atom. The second kappa shape index (κ2) is 8.06. The van der Waals surface area contributed by atoms with Gasteiger partial charge in [-0.05, 0) is 66.3 Å². The molecule has 1 saturated heterocycles. The lowest BCUT2D eigenvalue weighted by molar-refractivity contribution is 0.176. The van der Waals surface area contributed by atoms with E-state index >= 15 is 0 Å².